The fourth-order valence-electron chi connectivity index (χ4n) is 0.623. The summed E-state index contributed by atoms with van der Waals surface area (Å²) in [4.78, 5) is 10.2. The molecule has 1 atom stereocenters. The zero-order chi connectivity index (χ0) is 10.5. The lowest BCUT2D eigenvalue weighted by Gasteiger charge is -2.08. The van der Waals surface area contributed by atoms with Gasteiger partial charge in [0.05, 0.1) is 12.4 Å². The van der Waals surface area contributed by atoms with Crippen molar-refractivity contribution in [3.05, 3.63) is 0 Å². The molecule has 0 aliphatic heterocycles. The molecule has 0 aliphatic carbocycles. The van der Waals surface area contributed by atoms with Crippen molar-refractivity contribution in [1.82, 2.24) is 4.72 Å². The van der Waals surface area contributed by atoms with Crippen LogP contribution >= 0.6 is 0 Å². The van der Waals surface area contributed by atoms with Crippen LogP contribution in [0.5, 0.6) is 0 Å². The Morgan fingerprint density at radius 1 is 1.62 bits per heavy atom. The fourth-order valence-corrected chi connectivity index (χ4v) is 1.87. The Morgan fingerprint density at radius 2 is 2.15 bits per heavy atom. The third-order valence-corrected chi connectivity index (χ3v) is 2.81. The van der Waals surface area contributed by atoms with Crippen LogP contribution in [0.3, 0.4) is 0 Å². The molecule has 0 saturated heterocycles. The van der Waals surface area contributed by atoms with Crippen LogP contribution in [0, 0.1) is 0 Å². The average Bonchev–Trinajstić information content (AvgIpc) is 2.00. The van der Waals surface area contributed by atoms with Gasteiger partial charge in [-0.2, -0.15) is 0 Å². The summed E-state index contributed by atoms with van der Waals surface area (Å²) in [7, 11) is -3.66. The second kappa shape index (κ2) is 5.13. The van der Waals surface area contributed by atoms with Crippen molar-refractivity contribution in [3.8, 4) is 0 Å². The minimum Gasteiger partial charge on any atom is -0.480 e. The highest BCUT2D eigenvalue weighted by Gasteiger charge is 2.18. The Morgan fingerprint density at radius 3 is 2.54 bits per heavy atom. The molecule has 0 radical (unpaired) electrons. The number of halogens is 1. The molecule has 0 fully saturated rings. The minimum atomic E-state index is -3.66. The topological polar surface area (TPSA) is 83.5 Å². The lowest BCUT2D eigenvalue weighted by Crippen LogP contribution is -2.39. The van der Waals surface area contributed by atoms with Gasteiger partial charge in [-0.1, -0.05) is 0 Å². The summed E-state index contributed by atoms with van der Waals surface area (Å²) >= 11 is 0. The number of hydrogen-bond acceptors (Lipinski definition) is 3. The number of alkyl halides is 1. The number of hydrogen-bond donors (Lipinski definition) is 2. The van der Waals surface area contributed by atoms with Crippen molar-refractivity contribution in [2.24, 2.45) is 0 Å². The van der Waals surface area contributed by atoms with Crippen LogP contribution in [-0.4, -0.2) is 38.0 Å². The van der Waals surface area contributed by atoms with Gasteiger partial charge in [0.25, 0.3) is 0 Å². The number of aliphatic carboxylic acids is 1. The molecule has 0 heterocycles. The smallest absolute Gasteiger partial charge is 0.321 e. The van der Waals surface area contributed by atoms with E-state index in [2.05, 4.69) is 0 Å². The first-order valence-corrected chi connectivity index (χ1v) is 5.33. The number of nitrogens with one attached hydrogen (secondary N) is 1. The molecule has 0 bridgehead atoms. The van der Waals surface area contributed by atoms with Crippen molar-refractivity contribution in [3.63, 3.8) is 0 Å². The van der Waals surface area contributed by atoms with Gasteiger partial charge in [-0.25, -0.2) is 13.1 Å². The highest BCUT2D eigenvalue weighted by molar-refractivity contribution is 7.89. The van der Waals surface area contributed by atoms with Crippen molar-refractivity contribution in [2.75, 3.05) is 12.4 Å². The maximum Gasteiger partial charge on any atom is 0.321 e. The van der Waals surface area contributed by atoms with Gasteiger partial charge < -0.3 is 5.11 Å². The van der Waals surface area contributed by atoms with E-state index in [-0.39, 0.29) is 12.2 Å². The average molecular weight is 213 g/mol. The Balaban J connectivity index is 4.10. The maximum absolute atomic E-state index is 11.6. The molecule has 0 aromatic rings. The number of sulfonamides is 1. The van der Waals surface area contributed by atoms with Crippen LogP contribution in [0.2, 0.25) is 0 Å². The number of carbonyl (C=O) groups is 1. The van der Waals surface area contributed by atoms with Gasteiger partial charge in [0.15, 0.2) is 0 Å². The van der Waals surface area contributed by atoms with E-state index in [0.717, 1.165) is 0 Å². The van der Waals surface area contributed by atoms with Gasteiger partial charge in [0, 0.05) is 0 Å². The summed E-state index contributed by atoms with van der Waals surface area (Å²) in [5.74, 6) is -1.65. The van der Waals surface area contributed by atoms with Crippen molar-refractivity contribution in [1.29, 1.82) is 0 Å². The molecule has 7 heteroatoms. The summed E-state index contributed by atoms with van der Waals surface area (Å²) in [5.41, 5.74) is 0. The fraction of sp³-hybridized carbons (Fsp3) is 0.833. The predicted octanol–water partition coefficient (Wildman–Crippen LogP) is -0.262. The van der Waals surface area contributed by atoms with E-state index < -0.39 is 28.7 Å². The zero-order valence-corrected chi connectivity index (χ0v) is 7.97. The van der Waals surface area contributed by atoms with Gasteiger partial charge in [0.1, 0.15) is 6.04 Å². The molecule has 0 aromatic heterocycles. The van der Waals surface area contributed by atoms with E-state index in [4.69, 9.17) is 5.11 Å². The van der Waals surface area contributed by atoms with Crippen LogP contribution in [-0.2, 0) is 14.8 Å². The first kappa shape index (κ1) is 12.3. The van der Waals surface area contributed by atoms with Crippen LogP contribution in [0.1, 0.15) is 13.3 Å². The van der Waals surface area contributed by atoms with Gasteiger partial charge in [-0.3, -0.25) is 9.18 Å². The third-order valence-electron chi connectivity index (χ3n) is 1.27. The summed E-state index contributed by atoms with van der Waals surface area (Å²) in [6, 6.07) is -1.18. The van der Waals surface area contributed by atoms with Gasteiger partial charge in [-0.15, -0.1) is 0 Å². The number of carboxylic acid groups (broad SMARTS) is 1. The molecule has 0 unspecified atom stereocenters. The first-order valence-electron chi connectivity index (χ1n) is 3.68. The minimum absolute atomic E-state index is 0.123. The van der Waals surface area contributed by atoms with Crippen LogP contribution in [0.15, 0.2) is 0 Å². The monoisotopic (exact) mass is 213 g/mol. The molecular weight excluding hydrogens is 201 g/mol. The quantitative estimate of drug-likeness (QED) is 0.636. The van der Waals surface area contributed by atoms with E-state index in [1.165, 1.54) is 6.92 Å². The highest BCUT2D eigenvalue weighted by atomic mass is 32.2. The Bertz CT molecular complexity index is 264. The largest absolute Gasteiger partial charge is 0.480 e. The molecule has 0 aromatic carbocycles. The molecule has 0 spiro atoms. The van der Waals surface area contributed by atoms with Crippen molar-refractivity contribution < 1.29 is 22.7 Å². The molecule has 2 N–H and O–H groups in total. The van der Waals surface area contributed by atoms with Gasteiger partial charge in [-0.05, 0) is 13.3 Å². The zero-order valence-electron chi connectivity index (χ0n) is 7.16. The summed E-state index contributed by atoms with van der Waals surface area (Å²) in [6.45, 7) is 0.470. The number of rotatable bonds is 6. The first-order chi connectivity index (χ1) is 5.89. The van der Waals surface area contributed by atoms with E-state index in [1.54, 1.807) is 0 Å². The van der Waals surface area contributed by atoms with E-state index in [0.29, 0.717) is 0 Å². The summed E-state index contributed by atoms with van der Waals surface area (Å²) in [5, 5.41) is 8.37. The second-order valence-corrected chi connectivity index (χ2v) is 4.41. The van der Waals surface area contributed by atoms with Crippen LogP contribution in [0.25, 0.3) is 0 Å². The maximum atomic E-state index is 11.6. The lowest BCUT2D eigenvalue weighted by atomic mass is 10.4. The Kier molecular flexibility index (Phi) is 4.86. The van der Waals surface area contributed by atoms with Crippen molar-refractivity contribution >= 4 is 16.0 Å². The molecule has 0 amide bonds. The summed E-state index contributed by atoms with van der Waals surface area (Å²) in [6.07, 6.45) is -0.123. The molecule has 0 saturated carbocycles. The molecule has 13 heavy (non-hydrogen) atoms. The van der Waals surface area contributed by atoms with Crippen LogP contribution < -0.4 is 4.72 Å². The Hall–Kier alpha value is -0.690. The van der Waals surface area contributed by atoms with E-state index >= 15 is 0 Å². The predicted molar refractivity (Wildman–Crippen MR) is 44.6 cm³/mol. The second-order valence-electron chi connectivity index (χ2n) is 2.54. The van der Waals surface area contributed by atoms with Crippen LogP contribution in [0.4, 0.5) is 4.39 Å². The summed E-state index contributed by atoms with van der Waals surface area (Å²) < 4.78 is 35.4. The molecular formula is C6H12FNO4S. The third kappa shape index (κ3) is 5.53. The lowest BCUT2D eigenvalue weighted by molar-refractivity contribution is -0.138. The van der Waals surface area contributed by atoms with Gasteiger partial charge in [0.2, 0.25) is 10.0 Å². The normalized spacial score (nSPS) is 14.0. The Labute approximate surface area is 76.0 Å². The molecule has 0 aliphatic rings. The number of carboxylic acids is 1. The molecule has 0 rings (SSSR count). The molecule has 5 nitrogen and oxygen atoms in total. The molecule has 78 valence electrons. The van der Waals surface area contributed by atoms with Crippen molar-refractivity contribution in [2.45, 2.75) is 19.4 Å². The van der Waals surface area contributed by atoms with E-state index in [9.17, 15) is 17.6 Å². The highest BCUT2D eigenvalue weighted by Crippen LogP contribution is 1.93. The standard InChI is InChI=1S/C6H12FNO4S/c1-5(6(9)10)8-13(11,12)4-2-3-7/h5,8H,2-4H2,1H3,(H,9,10)/t5-/m0/s1. The van der Waals surface area contributed by atoms with Gasteiger partial charge >= 0.3 is 5.97 Å². The van der Waals surface area contributed by atoms with E-state index in [1.807, 2.05) is 4.72 Å². The SMILES string of the molecule is C[C@H](NS(=O)(=O)CCCF)C(=O)O.